The Morgan fingerprint density at radius 2 is 2.17 bits per heavy atom. The molecule has 130 valence electrons. The zero-order chi connectivity index (χ0) is 16.7. The number of nitro benzene ring substituents is 1. The highest BCUT2D eigenvalue weighted by Crippen LogP contribution is 2.60. The van der Waals surface area contributed by atoms with Gasteiger partial charge in [-0.1, -0.05) is 18.9 Å². The second-order valence-electron chi connectivity index (χ2n) is 7.40. The molecule has 3 aliphatic rings. The summed E-state index contributed by atoms with van der Waals surface area (Å²) in [6.45, 7) is 1.57. The summed E-state index contributed by atoms with van der Waals surface area (Å²) in [5.41, 5.74) is 1.99. The SMILES string of the molecule is CNc1ccc(CN[C@@H]2[C@@H]3CCO[C@H]3C23CCCC3)cc1[N+](=O)[O-]. The number of nitrogens with one attached hydrogen (secondary N) is 2. The van der Waals surface area contributed by atoms with Gasteiger partial charge in [-0.15, -0.1) is 0 Å². The highest BCUT2D eigenvalue weighted by atomic mass is 16.6. The maximum Gasteiger partial charge on any atom is 0.292 e. The van der Waals surface area contributed by atoms with Crippen LogP contribution in [0.2, 0.25) is 0 Å². The maximum atomic E-state index is 11.2. The van der Waals surface area contributed by atoms with Crippen molar-refractivity contribution >= 4 is 11.4 Å². The predicted molar refractivity (Wildman–Crippen MR) is 92.0 cm³/mol. The molecule has 24 heavy (non-hydrogen) atoms. The highest BCUT2D eigenvalue weighted by Gasteiger charge is 2.64. The van der Waals surface area contributed by atoms with E-state index in [-0.39, 0.29) is 10.6 Å². The van der Waals surface area contributed by atoms with E-state index < -0.39 is 0 Å². The van der Waals surface area contributed by atoms with Gasteiger partial charge >= 0.3 is 0 Å². The van der Waals surface area contributed by atoms with Gasteiger partial charge in [0.15, 0.2) is 0 Å². The molecule has 3 fully saturated rings. The Balaban J connectivity index is 1.48. The van der Waals surface area contributed by atoms with Gasteiger partial charge < -0.3 is 15.4 Å². The quantitative estimate of drug-likeness (QED) is 0.640. The molecule has 3 atom stereocenters. The molecular weight excluding hydrogens is 306 g/mol. The summed E-state index contributed by atoms with van der Waals surface area (Å²) in [5.74, 6) is 0.620. The number of nitrogens with zero attached hydrogens (tertiary/aromatic N) is 1. The fourth-order valence-corrected chi connectivity index (χ4v) is 5.29. The molecule has 0 bridgehead atoms. The number of rotatable bonds is 5. The van der Waals surface area contributed by atoms with Crippen molar-refractivity contribution in [3.63, 3.8) is 0 Å². The summed E-state index contributed by atoms with van der Waals surface area (Å²) < 4.78 is 6.02. The van der Waals surface area contributed by atoms with Gasteiger partial charge in [-0.05, 0) is 30.9 Å². The Labute approximate surface area is 142 Å². The van der Waals surface area contributed by atoms with Crippen LogP contribution in [0.4, 0.5) is 11.4 Å². The Bertz CT molecular complexity index is 642. The number of fused-ring (bicyclic) bond motifs is 2. The minimum atomic E-state index is -0.321. The Morgan fingerprint density at radius 1 is 1.38 bits per heavy atom. The first-order valence-electron chi connectivity index (χ1n) is 8.96. The normalized spacial score (nSPS) is 30.1. The van der Waals surface area contributed by atoms with E-state index in [0.29, 0.717) is 35.7 Å². The molecule has 1 heterocycles. The monoisotopic (exact) mass is 331 g/mol. The van der Waals surface area contributed by atoms with E-state index >= 15 is 0 Å². The van der Waals surface area contributed by atoms with Crippen LogP contribution in [0.3, 0.4) is 0 Å². The molecule has 1 spiro atoms. The Morgan fingerprint density at radius 3 is 2.88 bits per heavy atom. The minimum absolute atomic E-state index is 0.142. The Hall–Kier alpha value is -1.66. The lowest BCUT2D eigenvalue weighted by Gasteiger charge is -2.57. The first-order valence-corrected chi connectivity index (χ1v) is 8.96. The molecule has 1 aromatic carbocycles. The van der Waals surface area contributed by atoms with Crippen LogP contribution >= 0.6 is 0 Å². The van der Waals surface area contributed by atoms with E-state index in [1.165, 1.54) is 25.7 Å². The van der Waals surface area contributed by atoms with Gasteiger partial charge in [0.1, 0.15) is 5.69 Å². The van der Waals surface area contributed by atoms with Gasteiger partial charge in [0.2, 0.25) is 0 Å². The third-order valence-corrected chi connectivity index (χ3v) is 6.34. The minimum Gasteiger partial charge on any atom is -0.383 e. The van der Waals surface area contributed by atoms with Gasteiger partial charge in [-0.3, -0.25) is 10.1 Å². The van der Waals surface area contributed by atoms with E-state index in [0.717, 1.165) is 18.6 Å². The van der Waals surface area contributed by atoms with Crippen LogP contribution in [0.25, 0.3) is 0 Å². The zero-order valence-corrected chi connectivity index (χ0v) is 14.1. The summed E-state index contributed by atoms with van der Waals surface area (Å²) in [4.78, 5) is 10.9. The lowest BCUT2D eigenvalue weighted by atomic mass is 9.54. The second-order valence-corrected chi connectivity index (χ2v) is 7.40. The van der Waals surface area contributed by atoms with Crippen molar-refractivity contribution in [1.29, 1.82) is 0 Å². The Kier molecular flexibility index (Phi) is 3.96. The summed E-state index contributed by atoms with van der Waals surface area (Å²) in [5, 5.41) is 17.8. The standard InChI is InChI=1S/C18H25N3O3/c1-19-14-5-4-12(10-15(14)21(22)23)11-20-16-13-6-9-24-17(13)18(16)7-2-3-8-18/h4-5,10,13,16-17,19-20H,2-3,6-9,11H2,1H3/t13-,16+,17+/m0/s1. The third kappa shape index (κ3) is 2.31. The van der Waals surface area contributed by atoms with E-state index in [1.54, 1.807) is 19.2 Å². The number of nitro groups is 1. The lowest BCUT2D eigenvalue weighted by molar-refractivity contribution is -0.384. The van der Waals surface area contributed by atoms with E-state index in [9.17, 15) is 10.1 Å². The van der Waals surface area contributed by atoms with Crippen LogP contribution in [0.15, 0.2) is 18.2 Å². The molecular formula is C18H25N3O3. The lowest BCUT2D eigenvalue weighted by Crippen LogP contribution is -2.67. The summed E-state index contributed by atoms with van der Waals surface area (Å²) in [7, 11) is 1.71. The molecule has 0 aromatic heterocycles. The average molecular weight is 331 g/mol. The first-order chi connectivity index (χ1) is 11.7. The van der Waals surface area contributed by atoms with Crippen molar-refractivity contribution in [1.82, 2.24) is 5.32 Å². The van der Waals surface area contributed by atoms with Gasteiger partial charge in [0, 0.05) is 43.6 Å². The largest absolute Gasteiger partial charge is 0.383 e. The number of anilines is 1. The van der Waals surface area contributed by atoms with Crippen LogP contribution in [0.5, 0.6) is 0 Å². The number of hydrogen-bond acceptors (Lipinski definition) is 5. The van der Waals surface area contributed by atoms with Crippen LogP contribution in [-0.4, -0.2) is 30.7 Å². The highest BCUT2D eigenvalue weighted by molar-refractivity contribution is 5.62. The molecule has 1 saturated heterocycles. The van der Waals surface area contributed by atoms with Crippen molar-refractivity contribution in [3.8, 4) is 0 Å². The van der Waals surface area contributed by atoms with Crippen molar-refractivity contribution < 1.29 is 9.66 Å². The van der Waals surface area contributed by atoms with Crippen molar-refractivity contribution in [2.45, 2.75) is 50.8 Å². The molecule has 1 aliphatic heterocycles. The fraction of sp³-hybridized carbons (Fsp3) is 0.667. The summed E-state index contributed by atoms with van der Waals surface area (Å²) in [6, 6.07) is 5.94. The number of ether oxygens (including phenoxy) is 1. The average Bonchev–Trinajstić information content (AvgIpc) is 3.23. The van der Waals surface area contributed by atoms with Gasteiger partial charge in [0.05, 0.1) is 11.0 Å². The van der Waals surface area contributed by atoms with Crippen molar-refractivity contribution in [2.75, 3.05) is 19.0 Å². The van der Waals surface area contributed by atoms with Gasteiger partial charge in [-0.25, -0.2) is 0 Å². The molecule has 0 amide bonds. The van der Waals surface area contributed by atoms with Crippen LogP contribution in [-0.2, 0) is 11.3 Å². The molecule has 4 rings (SSSR count). The summed E-state index contributed by atoms with van der Waals surface area (Å²) in [6.07, 6.45) is 6.69. The van der Waals surface area contributed by atoms with Crippen molar-refractivity contribution in [3.05, 3.63) is 33.9 Å². The molecule has 2 aliphatic carbocycles. The maximum absolute atomic E-state index is 11.2. The molecule has 6 heteroatoms. The molecule has 6 nitrogen and oxygen atoms in total. The van der Waals surface area contributed by atoms with Gasteiger partial charge in [0.25, 0.3) is 5.69 Å². The third-order valence-electron chi connectivity index (χ3n) is 6.34. The van der Waals surface area contributed by atoms with E-state index in [1.807, 2.05) is 6.07 Å². The molecule has 0 radical (unpaired) electrons. The first kappa shape index (κ1) is 15.8. The van der Waals surface area contributed by atoms with Crippen LogP contribution in [0, 0.1) is 21.4 Å². The van der Waals surface area contributed by atoms with Crippen LogP contribution < -0.4 is 10.6 Å². The van der Waals surface area contributed by atoms with E-state index in [4.69, 9.17) is 4.74 Å². The van der Waals surface area contributed by atoms with E-state index in [2.05, 4.69) is 10.6 Å². The molecule has 1 aromatic rings. The zero-order valence-electron chi connectivity index (χ0n) is 14.1. The van der Waals surface area contributed by atoms with Crippen molar-refractivity contribution in [2.24, 2.45) is 11.3 Å². The molecule has 0 unspecified atom stereocenters. The topological polar surface area (TPSA) is 76.4 Å². The summed E-state index contributed by atoms with van der Waals surface area (Å²) >= 11 is 0. The number of benzene rings is 1. The molecule has 2 N–H and O–H groups in total. The van der Waals surface area contributed by atoms with Gasteiger partial charge in [-0.2, -0.15) is 0 Å². The fourth-order valence-electron chi connectivity index (χ4n) is 5.29. The molecule has 2 saturated carbocycles. The van der Waals surface area contributed by atoms with Crippen LogP contribution in [0.1, 0.15) is 37.7 Å². The smallest absolute Gasteiger partial charge is 0.292 e. The predicted octanol–water partition coefficient (Wildman–Crippen LogP) is 3.07. The second kappa shape index (κ2) is 6.01. The number of hydrogen-bond donors (Lipinski definition) is 2.